The molecule has 5 nitrogen and oxygen atoms in total. The number of halogens is 4. The number of thioether (sulfide) groups is 1. The second kappa shape index (κ2) is 7.97. The molecule has 7 atom stereocenters. The van der Waals surface area contributed by atoms with Crippen LogP contribution in [-0.4, -0.2) is 22.0 Å². The molecule has 4 aliphatic rings. The molecule has 1 N–H and O–H groups in total. The molecule has 2 aromatic carbocycles. The van der Waals surface area contributed by atoms with Crippen molar-refractivity contribution < 1.29 is 22.8 Å². The van der Waals surface area contributed by atoms with Gasteiger partial charge in [0.15, 0.2) is 0 Å². The molecule has 0 spiro atoms. The highest BCUT2D eigenvalue weighted by molar-refractivity contribution is 8.00. The number of alkyl halides is 3. The third-order valence-electron chi connectivity index (χ3n) is 8.38. The Morgan fingerprint density at radius 1 is 0.973 bits per heavy atom. The van der Waals surface area contributed by atoms with Crippen molar-refractivity contribution >= 4 is 52.2 Å². The molecule has 1 saturated heterocycles. The van der Waals surface area contributed by atoms with Gasteiger partial charge in [0.2, 0.25) is 11.8 Å². The zero-order valence-corrected chi connectivity index (χ0v) is 21.3. The van der Waals surface area contributed by atoms with Gasteiger partial charge in [-0.15, -0.1) is 11.8 Å². The molecule has 11 heteroatoms. The van der Waals surface area contributed by atoms with Gasteiger partial charge >= 0.3 is 11.0 Å². The Balaban J connectivity index is 1.30. The van der Waals surface area contributed by atoms with Crippen molar-refractivity contribution in [2.75, 3.05) is 4.90 Å². The Labute approximate surface area is 222 Å². The predicted molar refractivity (Wildman–Crippen MR) is 134 cm³/mol. The lowest BCUT2D eigenvalue weighted by molar-refractivity contribution is -0.137. The normalized spacial score (nSPS) is 32.0. The highest BCUT2D eigenvalue weighted by Gasteiger charge is 2.69. The number of nitrogens with one attached hydrogen (secondary N) is 1. The minimum atomic E-state index is -4.58. The molecule has 0 radical (unpaired) electrons. The Morgan fingerprint density at radius 2 is 1.68 bits per heavy atom. The number of amides is 2. The summed E-state index contributed by atoms with van der Waals surface area (Å²) in [6, 6.07) is 11.9. The summed E-state index contributed by atoms with van der Waals surface area (Å²) < 4.78 is 40.0. The first-order valence-corrected chi connectivity index (χ1v) is 13.9. The third-order valence-corrected chi connectivity index (χ3v) is 11.2. The molecule has 3 fully saturated rings. The van der Waals surface area contributed by atoms with E-state index in [9.17, 15) is 27.6 Å². The molecule has 2 saturated carbocycles. The molecule has 3 heterocycles. The molecular weight excluding hydrogens is 545 g/mol. The zero-order chi connectivity index (χ0) is 25.8. The number of imide groups is 1. The number of hydrogen-bond donors (Lipinski definition) is 1. The number of nitrogens with zero attached hydrogens (tertiary/aromatic N) is 1. The molecule has 2 aliphatic carbocycles. The maximum absolute atomic E-state index is 13.7. The Kier molecular flexibility index (Phi) is 5.07. The van der Waals surface area contributed by atoms with E-state index in [1.165, 1.54) is 23.5 Å². The highest BCUT2D eigenvalue weighted by atomic mass is 35.5. The number of aromatic amines is 1. The van der Waals surface area contributed by atoms with Crippen molar-refractivity contribution in [2.45, 2.75) is 28.8 Å². The van der Waals surface area contributed by atoms with E-state index in [2.05, 4.69) is 4.98 Å². The van der Waals surface area contributed by atoms with Crippen LogP contribution in [-0.2, 0) is 15.8 Å². The molecule has 2 amide bonds. The molecule has 2 aliphatic heterocycles. The van der Waals surface area contributed by atoms with Gasteiger partial charge in [-0.1, -0.05) is 41.1 Å². The number of aromatic nitrogens is 1. The maximum Gasteiger partial charge on any atom is 0.416 e. The van der Waals surface area contributed by atoms with Crippen molar-refractivity contribution in [1.29, 1.82) is 0 Å². The van der Waals surface area contributed by atoms with E-state index in [1.54, 1.807) is 23.9 Å². The quantitative estimate of drug-likeness (QED) is 0.402. The van der Waals surface area contributed by atoms with Crippen LogP contribution in [0, 0.1) is 29.6 Å². The Hall–Kier alpha value is -2.56. The van der Waals surface area contributed by atoms with Crippen LogP contribution in [0.2, 0.25) is 5.02 Å². The number of rotatable bonds is 2. The van der Waals surface area contributed by atoms with Gasteiger partial charge in [0.1, 0.15) is 0 Å². The zero-order valence-electron chi connectivity index (χ0n) is 18.9. The van der Waals surface area contributed by atoms with Crippen LogP contribution in [0.5, 0.6) is 0 Å². The number of anilines is 1. The lowest BCUT2D eigenvalue weighted by atomic mass is 9.68. The Bertz CT molecular complexity index is 1520. The van der Waals surface area contributed by atoms with E-state index >= 15 is 0 Å². The van der Waals surface area contributed by atoms with Crippen LogP contribution in [0.1, 0.15) is 28.3 Å². The summed E-state index contributed by atoms with van der Waals surface area (Å²) >= 11 is 8.87. The van der Waals surface area contributed by atoms with Crippen LogP contribution in [0.25, 0.3) is 0 Å². The summed E-state index contributed by atoms with van der Waals surface area (Å²) in [5, 5.41) is 1.39. The SMILES string of the molecule is O=C1[C@@H]2[C@H]3C[C@@H]([C@@H]2C(=O)N1c1cccc(C(F)(F)F)c1)[C@@H]1[C@H](c2ccc(Cl)cc2)c2sc(=O)[nH]c2S[C@@H]31. The summed E-state index contributed by atoms with van der Waals surface area (Å²) in [5.41, 5.74) is 0.0600. The first kappa shape index (κ1) is 23.5. The largest absolute Gasteiger partial charge is 0.416 e. The fraction of sp³-hybridized carbons (Fsp3) is 0.346. The summed E-state index contributed by atoms with van der Waals surface area (Å²) in [6.45, 7) is 0. The van der Waals surface area contributed by atoms with Crippen LogP contribution < -0.4 is 9.77 Å². The molecule has 2 bridgehead atoms. The fourth-order valence-electron chi connectivity index (χ4n) is 7.14. The summed E-state index contributed by atoms with van der Waals surface area (Å²) in [5.74, 6) is -2.35. The van der Waals surface area contributed by atoms with E-state index in [0.717, 1.165) is 32.5 Å². The minimum Gasteiger partial charge on any atom is -0.307 e. The first-order valence-electron chi connectivity index (χ1n) is 11.8. The van der Waals surface area contributed by atoms with E-state index in [1.807, 2.05) is 12.1 Å². The van der Waals surface area contributed by atoms with Crippen LogP contribution in [0.15, 0.2) is 58.4 Å². The molecule has 1 aromatic heterocycles. The summed E-state index contributed by atoms with van der Waals surface area (Å²) in [6.07, 6.45) is -3.88. The average molecular weight is 563 g/mol. The molecule has 7 rings (SSSR count). The molecule has 3 aromatic rings. The van der Waals surface area contributed by atoms with E-state index in [-0.39, 0.29) is 39.5 Å². The van der Waals surface area contributed by atoms with Gasteiger partial charge in [-0.05, 0) is 60.1 Å². The topological polar surface area (TPSA) is 70.2 Å². The van der Waals surface area contributed by atoms with Gasteiger partial charge in [0.25, 0.3) is 0 Å². The van der Waals surface area contributed by atoms with Crippen molar-refractivity contribution in [3.8, 4) is 0 Å². The number of hydrogen-bond acceptors (Lipinski definition) is 5. The van der Waals surface area contributed by atoms with Crippen LogP contribution in [0.4, 0.5) is 18.9 Å². The van der Waals surface area contributed by atoms with Crippen LogP contribution >= 0.6 is 34.7 Å². The van der Waals surface area contributed by atoms with Crippen molar-refractivity contribution in [2.24, 2.45) is 29.6 Å². The maximum atomic E-state index is 13.7. The average Bonchev–Trinajstić information content (AvgIpc) is 3.58. The van der Waals surface area contributed by atoms with Gasteiger partial charge in [0.05, 0.1) is 28.1 Å². The third kappa shape index (κ3) is 3.34. The number of benzene rings is 2. The molecule has 0 unspecified atom stereocenters. The number of carbonyl (C=O) groups is 2. The smallest absolute Gasteiger partial charge is 0.307 e. The Morgan fingerprint density at radius 3 is 2.38 bits per heavy atom. The van der Waals surface area contributed by atoms with Gasteiger partial charge in [0, 0.05) is 21.1 Å². The second-order valence-electron chi connectivity index (χ2n) is 10.1. The second-order valence-corrected chi connectivity index (χ2v) is 12.7. The molecular formula is C26H18ClF3N2O3S2. The minimum absolute atomic E-state index is 0.00267. The van der Waals surface area contributed by atoms with Crippen molar-refractivity contribution in [3.63, 3.8) is 0 Å². The van der Waals surface area contributed by atoms with E-state index in [4.69, 9.17) is 11.6 Å². The predicted octanol–water partition coefficient (Wildman–Crippen LogP) is 5.79. The lowest BCUT2D eigenvalue weighted by Crippen LogP contribution is -2.42. The number of H-pyrrole nitrogens is 1. The van der Waals surface area contributed by atoms with Gasteiger partial charge in [-0.2, -0.15) is 13.2 Å². The number of fused-ring (bicyclic) bond motifs is 9. The van der Waals surface area contributed by atoms with Gasteiger partial charge < -0.3 is 4.98 Å². The van der Waals surface area contributed by atoms with Gasteiger partial charge in [-0.25, -0.2) is 0 Å². The van der Waals surface area contributed by atoms with Crippen molar-refractivity contribution in [1.82, 2.24) is 4.98 Å². The summed E-state index contributed by atoms with van der Waals surface area (Å²) in [4.78, 5) is 44.3. The highest BCUT2D eigenvalue weighted by Crippen LogP contribution is 2.68. The number of thiazole rings is 1. The lowest BCUT2D eigenvalue weighted by Gasteiger charge is -2.43. The van der Waals surface area contributed by atoms with Crippen molar-refractivity contribution in [3.05, 3.63) is 79.2 Å². The standard InChI is InChI=1S/C26H18ClF3N2O3S2/c27-12-6-4-10(5-7-12)16-17-14-9-15(20(17)36-22-21(16)37-25(35)31-22)19-18(14)23(33)32(24(19)34)13-3-1-2-11(8-13)26(28,29)30/h1-8,14-20H,9H2,(H,31,35)/t14-,15-,16+,17-,18+,19-,20+/m1/s1. The van der Waals surface area contributed by atoms with Gasteiger partial charge in [-0.3, -0.25) is 19.3 Å². The first-order chi connectivity index (χ1) is 17.6. The fourth-order valence-corrected chi connectivity index (χ4v) is 10.2. The van der Waals surface area contributed by atoms with Crippen LogP contribution in [0.3, 0.4) is 0 Å². The van der Waals surface area contributed by atoms with E-state index < -0.39 is 35.4 Å². The molecule has 37 heavy (non-hydrogen) atoms. The number of carbonyl (C=O) groups excluding carboxylic acids is 2. The van der Waals surface area contributed by atoms with E-state index in [0.29, 0.717) is 11.4 Å². The summed E-state index contributed by atoms with van der Waals surface area (Å²) in [7, 11) is 0. The molecule has 190 valence electrons. The monoisotopic (exact) mass is 562 g/mol.